The Morgan fingerprint density at radius 1 is 0.596 bits per heavy atom. The summed E-state index contributed by atoms with van der Waals surface area (Å²) in [5.41, 5.74) is 11.9. The maximum Gasteiger partial charge on any atom is 0.258 e. The summed E-state index contributed by atoms with van der Waals surface area (Å²) in [5, 5.41) is 3.46. The maximum atomic E-state index is 12.9. The van der Waals surface area contributed by atoms with Crippen molar-refractivity contribution in [2.24, 2.45) is 17.6 Å². The number of nitrogens with zero attached hydrogens (tertiary/aromatic N) is 6. The van der Waals surface area contributed by atoms with Crippen molar-refractivity contribution in [3.05, 3.63) is 106 Å². The molecule has 0 amide bonds. The van der Waals surface area contributed by atoms with E-state index in [4.69, 9.17) is 29.7 Å². The molecular weight excluding hydrogens is 725 g/mol. The number of piperidine rings is 1. The predicted octanol–water partition coefficient (Wildman–Crippen LogP) is 4.34. The van der Waals surface area contributed by atoms with E-state index in [0.717, 1.165) is 74.6 Å². The molecule has 4 aromatic heterocycles. The van der Waals surface area contributed by atoms with Crippen LogP contribution in [0.5, 0.6) is 23.0 Å². The highest BCUT2D eigenvalue weighted by Crippen LogP contribution is 2.34. The van der Waals surface area contributed by atoms with E-state index >= 15 is 0 Å². The molecule has 3 saturated heterocycles. The van der Waals surface area contributed by atoms with Crippen LogP contribution in [0.3, 0.4) is 0 Å². The third-order valence-electron chi connectivity index (χ3n) is 11.3. The molecular formula is C43H48N8O6. The fourth-order valence-corrected chi connectivity index (χ4v) is 8.07. The fourth-order valence-electron chi connectivity index (χ4n) is 8.07. The summed E-state index contributed by atoms with van der Waals surface area (Å²) in [5.74, 6) is 3.89. The van der Waals surface area contributed by atoms with Gasteiger partial charge in [-0.05, 0) is 85.3 Å². The Labute approximate surface area is 330 Å². The smallest absolute Gasteiger partial charge is 0.258 e. The number of aromatic nitrogens is 4. The van der Waals surface area contributed by atoms with Gasteiger partial charge in [-0.15, -0.1) is 0 Å². The van der Waals surface area contributed by atoms with Crippen molar-refractivity contribution in [3.8, 4) is 45.5 Å². The Kier molecular flexibility index (Phi) is 10.7. The van der Waals surface area contributed by atoms with Crippen molar-refractivity contribution in [2.75, 3.05) is 77.5 Å². The molecule has 0 bridgehead atoms. The van der Waals surface area contributed by atoms with Gasteiger partial charge in [-0.3, -0.25) is 18.4 Å². The monoisotopic (exact) mass is 772 g/mol. The van der Waals surface area contributed by atoms with E-state index in [0.29, 0.717) is 57.5 Å². The molecule has 6 aromatic rings. The lowest BCUT2D eigenvalue weighted by Gasteiger charge is -2.32. The summed E-state index contributed by atoms with van der Waals surface area (Å²) in [4.78, 5) is 39.6. The van der Waals surface area contributed by atoms with E-state index in [1.54, 1.807) is 49.4 Å². The van der Waals surface area contributed by atoms with E-state index in [9.17, 15) is 9.59 Å². The van der Waals surface area contributed by atoms with E-state index in [-0.39, 0.29) is 17.2 Å². The first-order valence-corrected chi connectivity index (χ1v) is 19.2. The minimum absolute atomic E-state index is 0.0947. The molecule has 14 nitrogen and oxygen atoms in total. The Bertz CT molecular complexity index is 2520. The van der Waals surface area contributed by atoms with E-state index in [2.05, 4.69) is 26.2 Å². The van der Waals surface area contributed by atoms with E-state index in [1.165, 1.54) is 0 Å². The molecule has 0 radical (unpaired) electrons. The largest absolute Gasteiger partial charge is 0.493 e. The second-order valence-corrected chi connectivity index (χ2v) is 14.7. The van der Waals surface area contributed by atoms with Crippen molar-refractivity contribution in [1.29, 1.82) is 0 Å². The van der Waals surface area contributed by atoms with Gasteiger partial charge in [-0.1, -0.05) is 0 Å². The van der Waals surface area contributed by atoms with Crippen molar-refractivity contribution in [1.82, 2.24) is 24.1 Å². The number of methoxy groups -OCH3 is 4. The molecule has 7 heterocycles. The van der Waals surface area contributed by atoms with Crippen LogP contribution in [0, 0.1) is 11.8 Å². The highest BCUT2D eigenvalue weighted by atomic mass is 16.5. The topological polar surface area (TPSA) is 150 Å². The van der Waals surface area contributed by atoms with Gasteiger partial charge in [0.25, 0.3) is 11.1 Å². The third-order valence-corrected chi connectivity index (χ3v) is 11.3. The molecule has 9 rings (SSSR count). The van der Waals surface area contributed by atoms with Gasteiger partial charge in [-0.25, -0.2) is 9.97 Å². The van der Waals surface area contributed by atoms with Crippen molar-refractivity contribution >= 4 is 22.7 Å². The summed E-state index contributed by atoms with van der Waals surface area (Å²) in [7, 11) is 6.36. The molecule has 3 fully saturated rings. The van der Waals surface area contributed by atoms with Crippen molar-refractivity contribution in [2.45, 2.75) is 18.9 Å². The average molecular weight is 773 g/mol. The molecule has 3 aliphatic heterocycles. The Hall–Kier alpha value is -6.12. The standard InChI is InChI=1S/C22H24N4O3.C21H24N4O3/c1-28-19-5-3-14(7-20(19)29-2)18-8-22(27)26-13-17(4-6-21(26)24-18)25-11-15-9-23-10-16(15)12-25;1-27-18-5-3-14(11-19(18)28-2)17-12-21(26)25-13-16(4-6-20(25)23-17)24-9-7-15(22)8-10-24/h3-8,13,15-16,23H,9-12H2,1-2H3;3-6,11-13,15H,7-10,22H2,1-2H3/t15-,16+;. The summed E-state index contributed by atoms with van der Waals surface area (Å²) in [6, 6.07) is 22.3. The molecule has 0 unspecified atom stereocenters. The molecule has 2 atom stereocenters. The lowest BCUT2D eigenvalue weighted by Crippen LogP contribution is -2.39. The molecule has 3 N–H and O–H groups in total. The zero-order valence-electron chi connectivity index (χ0n) is 32.7. The number of hydrogen-bond donors (Lipinski definition) is 2. The van der Waals surface area contributed by atoms with Crippen LogP contribution in [-0.4, -0.2) is 92.5 Å². The van der Waals surface area contributed by atoms with Crippen LogP contribution in [0.4, 0.5) is 11.4 Å². The van der Waals surface area contributed by atoms with Gasteiger partial charge in [0, 0.05) is 81.0 Å². The fraction of sp³-hybridized carbons (Fsp3) is 0.349. The first kappa shape index (κ1) is 37.8. The van der Waals surface area contributed by atoms with Gasteiger partial charge in [0.1, 0.15) is 11.3 Å². The zero-order valence-corrected chi connectivity index (χ0v) is 32.7. The summed E-state index contributed by atoms with van der Waals surface area (Å²) in [6.45, 7) is 6.05. The van der Waals surface area contributed by atoms with Gasteiger partial charge >= 0.3 is 0 Å². The Morgan fingerprint density at radius 2 is 1.05 bits per heavy atom. The van der Waals surface area contributed by atoms with Crippen LogP contribution in [0.1, 0.15) is 12.8 Å². The van der Waals surface area contributed by atoms with Gasteiger partial charge in [0.15, 0.2) is 23.0 Å². The number of hydrogen-bond acceptors (Lipinski definition) is 12. The van der Waals surface area contributed by atoms with Crippen molar-refractivity contribution in [3.63, 3.8) is 0 Å². The number of nitrogens with one attached hydrogen (secondary N) is 1. The molecule has 14 heteroatoms. The number of benzene rings is 2. The molecule has 0 aliphatic carbocycles. The minimum atomic E-state index is -0.120. The number of pyridine rings is 2. The summed E-state index contributed by atoms with van der Waals surface area (Å²) < 4.78 is 24.5. The molecule has 3 aliphatic rings. The van der Waals surface area contributed by atoms with Crippen LogP contribution in [-0.2, 0) is 0 Å². The zero-order chi connectivity index (χ0) is 39.6. The quantitative estimate of drug-likeness (QED) is 0.227. The maximum absolute atomic E-state index is 12.9. The Morgan fingerprint density at radius 3 is 1.51 bits per heavy atom. The number of rotatable bonds is 8. The number of nitrogens with two attached hydrogens (primary N) is 1. The SMILES string of the molecule is COc1ccc(-c2cc(=O)n3cc(N4CCC(N)CC4)ccc3n2)cc1OC.COc1ccc(-c2cc(=O)n3cc(N4C[C@H]5CNC[C@H]5C4)ccc3n2)cc1OC. The van der Waals surface area contributed by atoms with Crippen LogP contribution >= 0.6 is 0 Å². The second kappa shape index (κ2) is 16.2. The lowest BCUT2D eigenvalue weighted by molar-refractivity contribution is 0.355. The highest BCUT2D eigenvalue weighted by Gasteiger charge is 2.36. The summed E-state index contributed by atoms with van der Waals surface area (Å²) in [6.07, 6.45) is 5.70. The third kappa shape index (κ3) is 7.70. The highest BCUT2D eigenvalue weighted by molar-refractivity contribution is 5.67. The first-order chi connectivity index (χ1) is 27.7. The molecule has 296 valence electrons. The second-order valence-electron chi connectivity index (χ2n) is 14.7. The average Bonchev–Trinajstić information content (AvgIpc) is 3.87. The van der Waals surface area contributed by atoms with Crippen molar-refractivity contribution < 1.29 is 18.9 Å². The number of fused-ring (bicyclic) bond motifs is 3. The first-order valence-electron chi connectivity index (χ1n) is 19.2. The van der Waals surface area contributed by atoms with Gasteiger partial charge in [0.2, 0.25) is 0 Å². The van der Waals surface area contributed by atoms with Crippen LogP contribution in [0.2, 0.25) is 0 Å². The molecule has 0 spiro atoms. The van der Waals surface area contributed by atoms with E-state index < -0.39 is 0 Å². The van der Waals surface area contributed by atoms with E-state index in [1.807, 2.05) is 67.0 Å². The molecule has 2 aromatic carbocycles. The number of ether oxygens (including phenoxy) is 4. The normalized spacial score (nSPS) is 18.0. The Balaban J connectivity index is 0.000000160. The van der Waals surface area contributed by atoms with Gasteiger partial charge in [0.05, 0.1) is 51.2 Å². The minimum Gasteiger partial charge on any atom is -0.493 e. The summed E-state index contributed by atoms with van der Waals surface area (Å²) >= 11 is 0. The van der Waals surface area contributed by atoms with Crippen LogP contribution < -0.4 is 50.9 Å². The van der Waals surface area contributed by atoms with Gasteiger partial charge in [-0.2, -0.15) is 0 Å². The predicted molar refractivity (Wildman–Crippen MR) is 221 cm³/mol. The van der Waals surface area contributed by atoms with Crippen LogP contribution in [0.25, 0.3) is 33.8 Å². The van der Waals surface area contributed by atoms with Crippen LogP contribution in [0.15, 0.2) is 94.8 Å². The molecule has 57 heavy (non-hydrogen) atoms. The molecule has 0 saturated carbocycles. The number of anilines is 2. The van der Waals surface area contributed by atoms with Gasteiger partial charge < -0.3 is 39.8 Å². The lowest BCUT2D eigenvalue weighted by atomic mass is 10.0.